The van der Waals surface area contributed by atoms with Crippen molar-refractivity contribution in [3.05, 3.63) is 65.4 Å². The van der Waals surface area contributed by atoms with Crippen LogP contribution in [0.2, 0.25) is 0 Å². The molecular formula is C21H21NO3. The molecule has 1 amide bonds. The van der Waals surface area contributed by atoms with Gasteiger partial charge in [0.15, 0.2) is 0 Å². The fourth-order valence-electron chi connectivity index (χ4n) is 3.73. The second-order valence-corrected chi connectivity index (χ2v) is 6.56. The molecule has 0 bridgehead atoms. The number of amides is 1. The zero-order valence-corrected chi connectivity index (χ0v) is 14.5. The highest BCUT2D eigenvalue weighted by atomic mass is 16.5. The van der Waals surface area contributed by atoms with Crippen molar-refractivity contribution in [1.29, 1.82) is 0 Å². The van der Waals surface area contributed by atoms with E-state index in [0.717, 1.165) is 35.1 Å². The number of methoxy groups -OCH3 is 1. The van der Waals surface area contributed by atoms with E-state index in [4.69, 9.17) is 9.15 Å². The lowest BCUT2D eigenvalue weighted by Gasteiger charge is -2.25. The van der Waals surface area contributed by atoms with Gasteiger partial charge in [0.2, 0.25) is 5.91 Å². The number of hydrogen-bond acceptors (Lipinski definition) is 3. The van der Waals surface area contributed by atoms with E-state index in [9.17, 15) is 4.79 Å². The van der Waals surface area contributed by atoms with Gasteiger partial charge in [-0.05, 0) is 36.1 Å². The number of ether oxygens (including phenoxy) is 1. The summed E-state index contributed by atoms with van der Waals surface area (Å²) in [6.45, 7) is 0. The number of furan rings is 1. The van der Waals surface area contributed by atoms with Crippen molar-refractivity contribution in [3.63, 3.8) is 0 Å². The molecule has 0 spiro atoms. The Hall–Kier alpha value is -2.75. The SMILES string of the molecule is COc1ccc2c(CC(=O)N(C)C3CCc4ccccc43)coc2c1. The molecular weight excluding hydrogens is 314 g/mol. The van der Waals surface area contributed by atoms with Gasteiger partial charge in [-0.25, -0.2) is 0 Å². The average molecular weight is 335 g/mol. The number of likely N-dealkylation sites (N-methyl/N-ethyl adjacent to an activating group) is 1. The van der Waals surface area contributed by atoms with Gasteiger partial charge in [0.05, 0.1) is 25.8 Å². The average Bonchev–Trinajstić information content (AvgIpc) is 3.25. The molecule has 0 saturated carbocycles. The van der Waals surface area contributed by atoms with E-state index in [-0.39, 0.29) is 11.9 Å². The molecule has 1 aliphatic rings. The minimum absolute atomic E-state index is 0.111. The third-order valence-corrected chi connectivity index (χ3v) is 5.17. The van der Waals surface area contributed by atoms with Crippen LogP contribution in [-0.2, 0) is 17.6 Å². The number of benzene rings is 2. The standard InChI is InChI=1S/C21H21NO3/c1-22(19-10-7-14-5-3-4-6-17(14)19)21(23)11-15-13-25-20-12-16(24-2)8-9-18(15)20/h3-6,8-9,12-13,19H,7,10-11H2,1-2H3. The van der Waals surface area contributed by atoms with Crippen molar-refractivity contribution in [2.24, 2.45) is 0 Å². The molecule has 128 valence electrons. The highest BCUT2D eigenvalue weighted by Crippen LogP contribution is 2.35. The van der Waals surface area contributed by atoms with E-state index >= 15 is 0 Å². The van der Waals surface area contributed by atoms with Crippen LogP contribution in [0.15, 0.2) is 53.1 Å². The highest BCUT2D eigenvalue weighted by molar-refractivity contribution is 5.88. The molecule has 0 aliphatic heterocycles. The molecule has 1 atom stereocenters. The van der Waals surface area contributed by atoms with Gasteiger partial charge >= 0.3 is 0 Å². The van der Waals surface area contributed by atoms with Crippen LogP contribution in [0.5, 0.6) is 5.75 Å². The molecule has 0 fully saturated rings. The zero-order chi connectivity index (χ0) is 17.4. The van der Waals surface area contributed by atoms with E-state index in [1.807, 2.05) is 36.2 Å². The topological polar surface area (TPSA) is 42.7 Å². The number of aryl methyl sites for hydroxylation is 1. The van der Waals surface area contributed by atoms with E-state index in [1.165, 1.54) is 11.1 Å². The number of fused-ring (bicyclic) bond motifs is 2. The van der Waals surface area contributed by atoms with Crippen molar-refractivity contribution in [1.82, 2.24) is 4.90 Å². The maximum Gasteiger partial charge on any atom is 0.227 e. The summed E-state index contributed by atoms with van der Waals surface area (Å²) in [6.07, 6.45) is 4.05. The van der Waals surface area contributed by atoms with Gasteiger partial charge in [0.25, 0.3) is 0 Å². The van der Waals surface area contributed by atoms with Crippen LogP contribution in [0.3, 0.4) is 0 Å². The molecule has 4 nitrogen and oxygen atoms in total. The maximum atomic E-state index is 12.8. The van der Waals surface area contributed by atoms with E-state index < -0.39 is 0 Å². The number of carbonyl (C=O) groups excluding carboxylic acids is 1. The summed E-state index contributed by atoms with van der Waals surface area (Å²) in [5, 5.41) is 0.967. The second kappa shape index (κ2) is 6.28. The molecule has 2 aromatic carbocycles. The lowest BCUT2D eigenvalue weighted by atomic mass is 10.1. The lowest BCUT2D eigenvalue weighted by molar-refractivity contribution is -0.131. The van der Waals surface area contributed by atoms with Gasteiger partial charge in [-0.1, -0.05) is 24.3 Å². The quantitative estimate of drug-likeness (QED) is 0.720. The molecule has 1 unspecified atom stereocenters. The Morgan fingerprint density at radius 2 is 2.12 bits per heavy atom. The Morgan fingerprint density at radius 3 is 2.96 bits per heavy atom. The lowest BCUT2D eigenvalue weighted by Crippen LogP contribution is -2.31. The first kappa shape index (κ1) is 15.8. The van der Waals surface area contributed by atoms with Crippen molar-refractivity contribution in [3.8, 4) is 5.75 Å². The summed E-state index contributed by atoms with van der Waals surface area (Å²) in [6, 6.07) is 14.3. The fraction of sp³-hybridized carbons (Fsp3) is 0.286. The Bertz CT molecular complexity index is 928. The third-order valence-electron chi connectivity index (χ3n) is 5.17. The summed E-state index contributed by atoms with van der Waals surface area (Å²) in [4.78, 5) is 14.7. The fourth-order valence-corrected chi connectivity index (χ4v) is 3.73. The van der Waals surface area contributed by atoms with Crippen LogP contribution in [0.4, 0.5) is 0 Å². The first-order valence-corrected chi connectivity index (χ1v) is 8.55. The normalized spacial score (nSPS) is 16.0. The van der Waals surface area contributed by atoms with Crippen LogP contribution in [0.25, 0.3) is 11.0 Å². The minimum Gasteiger partial charge on any atom is -0.497 e. The predicted octanol–water partition coefficient (Wildman–Crippen LogP) is 4.13. The Balaban J connectivity index is 1.54. The molecule has 25 heavy (non-hydrogen) atoms. The maximum absolute atomic E-state index is 12.8. The Labute approximate surface area is 147 Å². The molecule has 1 aliphatic carbocycles. The Kier molecular flexibility index (Phi) is 3.96. The largest absolute Gasteiger partial charge is 0.497 e. The van der Waals surface area contributed by atoms with Crippen LogP contribution >= 0.6 is 0 Å². The van der Waals surface area contributed by atoms with Crippen molar-refractivity contribution >= 4 is 16.9 Å². The van der Waals surface area contributed by atoms with Crippen LogP contribution < -0.4 is 4.74 Å². The Morgan fingerprint density at radius 1 is 1.28 bits per heavy atom. The number of nitrogens with zero attached hydrogens (tertiary/aromatic N) is 1. The van der Waals surface area contributed by atoms with Crippen LogP contribution in [-0.4, -0.2) is 25.0 Å². The smallest absolute Gasteiger partial charge is 0.227 e. The van der Waals surface area contributed by atoms with Gasteiger partial charge in [-0.3, -0.25) is 4.79 Å². The summed E-state index contributed by atoms with van der Waals surface area (Å²) >= 11 is 0. The number of rotatable bonds is 4. The molecule has 3 aromatic rings. The summed E-state index contributed by atoms with van der Waals surface area (Å²) in [5.74, 6) is 0.861. The monoisotopic (exact) mass is 335 g/mol. The van der Waals surface area contributed by atoms with Crippen molar-refractivity contribution < 1.29 is 13.9 Å². The second-order valence-electron chi connectivity index (χ2n) is 6.56. The summed E-state index contributed by atoms with van der Waals surface area (Å²) in [5.41, 5.74) is 4.30. The van der Waals surface area contributed by atoms with E-state index in [1.54, 1.807) is 13.4 Å². The van der Waals surface area contributed by atoms with Crippen molar-refractivity contribution in [2.75, 3.05) is 14.2 Å². The van der Waals surface area contributed by atoms with Gasteiger partial charge in [0.1, 0.15) is 11.3 Å². The van der Waals surface area contributed by atoms with E-state index in [2.05, 4.69) is 18.2 Å². The van der Waals surface area contributed by atoms with E-state index in [0.29, 0.717) is 6.42 Å². The first-order chi connectivity index (χ1) is 12.2. The summed E-state index contributed by atoms with van der Waals surface area (Å²) < 4.78 is 10.8. The molecule has 4 rings (SSSR count). The van der Waals surface area contributed by atoms with Gasteiger partial charge < -0.3 is 14.1 Å². The van der Waals surface area contributed by atoms with Gasteiger partial charge in [0, 0.05) is 24.1 Å². The minimum atomic E-state index is 0.111. The molecule has 1 heterocycles. The predicted molar refractivity (Wildman–Crippen MR) is 96.7 cm³/mol. The molecule has 0 saturated heterocycles. The number of hydrogen-bond donors (Lipinski definition) is 0. The van der Waals surface area contributed by atoms with Crippen molar-refractivity contribution in [2.45, 2.75) is 25.3 Å². The third kappa shape index (κ3) is 2.78. The zero-order valence-electron chi connectivity index (χ0n) is 14.5. The molecule has 0 radical (unpaired) electrons. The number of carbonyl (C=O) groups is 1. The molecule has 1 aromatic heterocycles. The molecule has 4 heteroatoms. The summed E-state index contributed by atoms with van der Waals surface area (Å²) in [7, 11) is 3.53. The van der Waals surface area contributed by atoms with Crippen LogP contribution in [0, 0.1) is 0 Å². The molecule has 0 N–H and O–H groups in total. The highest BCUT2D eigenvalue weighted by Gasteiger charge is 2.28. The van der Waals surface area contributed by atoms with Crippen LogP contribution in [0.1, 0.15) is 29.2 Å². The van der Waals surface area contributed by atoms with Gasteiger partial charge in [-0.2, -0.15) is 0 Å². The first-order valence-electron chi connectivity index (χ1n) is 8.55. The van der Waals surface area contributed by atoms with Gasteiger partial charge in [-0.15, -0.1) is 0 Å².